The zero-order valence-corrected chi connectivity index (χ0v) is 16.8. The Kier molecular flexibility index (Phi) is 5.62. The van der Waals surface area contributed by atoms with E-state index >= 15 is 0 Å². The molecule has 0 radical (unpaired) electrons. The third-order valence-electron chi connectivity index (χ3n) is 4.44. The minimum absolute atomic E-state index is 0.788. The van der Waals surface area contributed by atoms with Crippen molar-refractivity contribution in [2.45, 2.75) is 32.1 Å². The normalized spacial score (nSPS) is 11.8. The van der Waals surface area contributed by atoms with E-state index in [0.717, 1.165) is 40.2 Å². The van der Waals surface area contributed by atoms with Crippen molar-refractivity contribution in [1.29, 1.82) is 0 Å². The molecule has 0 N–H and O–H groups in total. The summed E-state index contributed by atoms with van der Waals surface area (Å²) in [4.78, 5) is 10.9. The maximum atomic E-state index is 5.50. The Bertz CT molecular complexity index is 962. The number of benzene rings is 2. The Morgan fingerprint density at radius 1 is 1.12 bits per heavy atom. The number of thioether (sulfide) groups is 1. The first-order valence-corrected chi connectivity index (χ1v) is 9.87. The summed E-state index contributed by atoms with van der Waals surface area (Å²) in [5.74, 6) is 0.817. The Morgan fingerprint density at radius 2 is 1.85 bits per heavy atom. The molecule has 3 nitrogen and oxygen atoms in total. The predicted molar refractivity (Wildman–Crippen MR) is 112 cm³/mol. The van der Waals surface area contributed by atoms with Crippen molar-refractivity contribution in [3.8, 4) is 5.75 Å². The van der Waals surface area contributed by atoms with Gasteiger partial charge in [-0.1, -0.05) is 29.8 Å². The lowest BCUT2D eigenvalue weighted by atomic mass is 10.0. The van der Waals surface area contributed by atoms with Gasteiger partial charge >= 0.3 is 0 Å². The number of pyridine rings is 1. The molecule has 2 aromatic carbocycles. The highest BCUT2D eigenvalue weighted by Crippen LogP contribution is 2.35. The highest BCUT2D eigenvalue weighted by molar-refractivity contribution is 7.98. The van der Waals surface area contributed by atoms with Gasteiger partial charge in [0.2, 0.25) is 0 Å². The van der Waals surface area contributed by atoms with Crippen molar-refractivity contribution in [3.05, 3.63) is 59.3 Å². The molecule has 134 valence electrons. The van der Waals surface area contributed by atoms with Gasteiger partial charge in [0.05, 0.1) is 12.8 Å². The molecule has 0 amide bonds. The van der Waals surface area contributed by atoms with Crippen LogP contribution in [-0.2, 0) is 6.42 Å². The number of fused-ring (bicyclic) bond motifs is 1. The van der Waals surface area contributed by atoms with Gasteiger partial charge in [0.15, 0.2) is 0 Å². The first-order chi connectivity index (χ1) is 12.5. The molecule has 26 heavy (non-hydrogen) atoms. The van der Waals surface area contributed by atoms with E-state index < -0.39 is 0 Å². The zero-order chi connectivity index (χ0) is 18.7. The monoisotopic (exact) mass is 364 g/mol. The van der Waals surface area contributed by atoms with E-state index in [-0.39, 0.29) is 0 Å². The van der Waals surface area contributed by atoms with Gasteiger partial charge in [-0.25, -0.2) is 4.98 Å². The first-order valence-electron chi connectivity index (χ1n) is 8.64. The third kappa shape index (κ3) is 3.75. The molecule has 0 atom stereocenters. The van der Waals surface area contributed by atoms with Gasteiger partial charge in [-0.2, -0.15) is 0 Å². The summed E-state index contributed by atoms with van der Waals surface area (Å²) in [5, 5.41) is 1.14. The second-order valence-electron chi connectivity index (χ2n) is 6.42. The summed E-state index contributed by atoms with van der Waals surface area (Å²) in [6, 6.07) is 14.4. The van der Waals surface area contributed by atoms with E-state index in [1.165, 1.54) is 16.0 Å². The summed E-state index contributed by atoms with van der Waals surface area (Å²) in [6.45, 7) is 6.24. The highest BCUT2D eigenvalue weighted by Gasteiger charge is 2.15. The molecule has 0 saturated heterocycles. The summed E-state index contributed by atoms with van der Waals surface area (Å²) in [6.07, 6.45) is 2.90. The second-order valence-corrected chi connectivity index (χ2v) is 7.24. The van der Waals surface area contributed by atoms with Crippen LogP contribution < -0.4 is 4.74 Å². The van der Waals surface area contributed by atoms with Crippen LogP contribution in [0.5, 0.6) is 5.75 Å². The predicted octanol–water partition coefficient (Wildman–Crippen LogP) is 5.92. The Morgan fingerprint density at radius 3 is 2.50 bits per heavy atom. The second kappa shape index (κ2) is 7.92. The van der Waals surface area contributed by atoms with Gasteiger partial charge in [0, 0.05) is 28.1 Å². The van der Waals surface area contributed by atoms with Crippen molar-refractivity contribution >= 4 is 34.1 Å². The Labute approximate surface area is 159 Å². The quantitative estimate of drug-likeness (QED) is 0.416. The minimum Gasteiger partial charge on any atom is -0.494 e. The maximum absolute atomic E-state index is 5.50. The lowest BCUT2D eigenvalue weighted by Crippen LogP contribution is -2.04. The number of hydrogen-bond acceptors (Lipinski definition) is 4. The van der Waals surface area contributed by atoms with Crippen molar-refractivity contribution in [3.63, 3.8) is 0 Å². The van der Waals surface area contributed by atoms with Crippen molar-refractivity contribution < 1.29 is 4.74 Å². The average molecular weight is 365 g/mol. The van der Waals surface area contributed by atoms with Crippen molar-refractivity contribution in [2.24, 2.45) is 4.99 Å². The van der Waals surface area contributed by atoms with Crippen LogP contribution in [0.3, 0.4) is 0 Å². The fraction of sp³-hybridized carbons (Fsp3) is 0.273. The molecule has 0 spiro atoms. The number of rotatable bonds is 5. The van der Waals surface area contributed by atoms with Gasteiger partial charge in [-0.05, 0) is 50.8 Å². The molecule has 1 aromatic heterocycles. The number of aliphatic imine (C=N–C) groups is 1. The van der Waals surface area contributed by atoms with E-state index in [9.17, 15) is 0 Å². The van der Waals surface area contributed by atoms with Crippen LogP contribution in [0.4, 0.5) is 5.69 Å². The number of ether oxygens (including phenoxy) is 1. The van der Waals surface area contributed by atoms with Gasteiger partial charge in [-0.15, -0.1) is 11.8 Å². The molecular formula is C22H24N2OS. The molecule has 0 saturated carbocycles. The molecule has 1 heterocycles. The minimum atomic E-state index is 0.788. The van der Waals surface area contributed by atoms with Crippen molar-refractivity contribution in [1.82, 2.24) is 4.98 Å². The molecule has 0 unspecified atom stereocenters. The van der Waals surface area contributed by atoms with Crippen molar-refractivity contribution in [2.75, 3.05) is 13.4 Å². The van der Waals surface area contributed by atoms with E-state index in [4.69, 9.17) is 14.7 Å². The summed E-state index contributed by atoms with van der Waals surface area (Å²) in [7, 11) is 1.69. The van der Waals surface area contributed by atoms with Crippen LogP contribution >= 0.6 is 11.8 Å². The van der Waals surface area contributed by atoms with Crippen LogP contribution in [0.15, 0.2) is 52.4 Å². The number of aromatic nitrogens is 1. The van der Waals surface area contributed by atoms with E-state index in [2.05, 4.69) is 57.4 Å². The van der Waals surface area contributed by atoms with Gasteiger partial charge in [-0.3, -0.25) is 4.99 Å². The summed E-state index contributed by atoms with van der Waals surface area (Å²) in [5.41, 5.74) is 6.52. The molecular weight excluding hydrogens is 340 g/mol. The maximum Gasteiger partial charge on any atom is 0.145 e. The van der Waals surface area contributed by atoms with Gasteiger partial charge < -0.3 is 4.74 Å². The van der Waals surface area contributed by atoms with Gasteiger partial charge in [0.25, 0.3) is 0 Å². The van der Waals surface area contributed by atoms with Crippen LogP contribution in [0.1, 0.15) is 23.7 Å². The zero-order valence-electron chi connectivity index (χ0n) is 16.0. The smallest absolute Gasteiger partial charge is 0.145 e. The molecule has 0 bridgehead atoms. The number of nitrogens with zero attached hydrogens (tertiary/aromatic N) is 2. The lowest BCUT2D eigenvalue weighted by molar-refractivity contribution is 0.418. The van der Waals surface area contributed by atoms with Crippen LogP contribution in [-0.4, -0.2) is 24.1 Å². The van der Waals surface area contributed by atoms with E-state index in [0.29, 0.717) is 0 Å². The molecule has 0 aliphatic heterocycles. The highest BCUT2D eigenvalue weighted by atomic mass is 32.2. The van der Waals surface area contributed by atoms with Crippen LogP contribution in [0, 0.1) is 13.8 Å². The van der Waals surface area contributed by atoms with Crippen LogP contribution in [0.25, 0.3) is 10.9 Å². The lowest BCUT2D eigenvalue weighted by Gasteiger charge is -2.15. The average Bonchev–Trinajstić information content (AvgIpc) is 2.64. The van der Waals surface area contributed by atoms with E-state index in [1.807, 2.05) is 12.1 Å². The third-order valence-corrected chi connectivity index (χ3v) is 5.32. The number of aryl methyl sites for hydroxylation is 2. The molecule has 0 fully saturated rings. The molecule has 0 aliphatic rings. The summed E-state index contributed by atoms with van der Waals surface area (Å²) < 4.78 is 5.50. The number of methoxy groups -OCH3 is 1. The summed E-state index contributed by atoms with van der Waals surface area (Å²) >= 11 is 1.76. The van der Waals surface area contributed by atoms with Crippen LogP contribution in [0.2, 0.25) is 0 Å². The fourth-order valence-electron chi connectivity index (χ4n) is 3.12. The largest absolute Gasteiger partial charge is 0.494 e. The topological polar surface area (TPSA) is 34.5 Å². The Balaban J connectivity index is 2.04. The molecule has 0 aliphatic carbocycles. The van der Waals surface area contributed by atoms with Gasteiger partial charge in [0.1, 0.15) is 11.3 Å². The fourth-order valence-corrected chi connectivity index (χ4v) is 3.97. The standard InChI is InChI=1S/C22H24N2OS/c1-14-9-11-17(12-10-14)23-15(2)13-19-16(3)24-21-18(22(19)26-5)7-6-8-20(21)25-4/h6-12H,13H2,1-5H3. The number of para-hydroxylation sites is 1. The first kappa shape index (κ1) is 18.5. The molecule has 3 aromatic rings. The SMILES string of the molecule is COc1cccc2c(SC)c(CC(C)=Nc3ccc(C)cc3)c(C)nc12. The Hall–Kier alpha value is -2.33. The van der Waals surface area contributed by atoms with E-state index in [1.54, 1.807) is 18.9 Å². The molecule has 3 rings (SSSR count). The number of hydrogen-bond donors (Lipinski definition) is 0. The molecule has 4 heteroatoms.